The Hall–Kier alpha value is -1.09. The van der Waals surface area contributed by atoms with Gasteiger partial charge in [-0.25, -0.2) is 0 Å². The van der Waals surface area contributed by atoms with Crippen molar-refractivity contribution in [3.63, 3.8) is 0 Å². The molecule has 3 aliphatic rings. The molecule has 0 spiro atoms. The van der Waals surface area contributed by atoms with Gasteiger partial charge in [0, 0.05) is 14.0 Å². The number of aliphatic hydroxyl groups excluding tert-OH is 8. The van der Waals surface area contributed by atoms with E-state index in [2.05, 4.69) is 5.32 Å². The molecule has 3 aliphatic heterocycles. The Balaban J connectivity index is 1.92. The smallest absolute Gasteiger partial charge is 0.217 e. The minimum Gasteiger partial charge on any atom is -0.394 e. The molecule has 37 heavy (non-hydrogen) atoms. The molecule has 0 aromatic carbocycles. The van der Waals surface area contributed by atoms with Crippen LogP contribution in [0, 0.1) is 0 Å². The summed E-state index contributed by atoms with van der Waals surface area (Å²) in [7, 11) is 1.22. The van der Waals surface area contributed by atoms with Crippen LogP contribution in [0.15, 0.2) is 0 Å². The van der Waals surface area contributed by atoms with Crippen LogP contribution in [0.1, 0.15) is 13.8 Å². The number of hydrogen-bond acceptors (Lipinski definition) is 15. The summed E-state index contributed by atoms with van der Waals surface area (Å²) in [6, 6.07) is -1.37. The Bertz CT molecular complexity index is 747. The zero-order chi connectivity index (χ0) is 27.6. The second-order valence-corrected chi connectivity index (χ2v) is 9.27. The third kappa shape index (κ3) is 6.39. The number of ether oxygens (including phenoxy) is 6. The first-order chi connectivity index (χ1) is 17.4. The minimum absolute atomic E-state index is 0.612. The zero-order valence-electron chi connectivity index (χ0n) is 20.5. The first-order valence-electron chi connectivity index (χ1n) is 11.8. The van der Waals surface area contributed by atoms with Crippen molar-refractivity contribution in [1.82, 2.24) is 5.32 Å². The average molecular weight is 544 g/mol. The summed E-state index contributed by atoms with van der Waals surface area (Å²) in [6.07, 6.45) is -20.6. The number of amides is 1. The quantitative estimate of drug-likeness (QED) is 0.138. The third-order valence-corrected chi connectivity index (χ3v) is 6.67. The molecular formula is C21H37NO15. The van der Waals surface area contributed by atoms with Gasteiger partial charge in [-0.2, -0.15) is 0 Å². The van der Waals surface area contributed by atoms with E-state index < -0.39 is 111 Å². The van der Waals surface area contributed by atoms with E-state index in [0.29, 0.717) is 0 Å². The van der Waals surface area contributed by atoms with Crippen molar-refractivity contribution in [3.8, 4) is 0 Å². The minimum atomic E-state index is -1.73. The molecule has 0 aliphatic carbocycles. The number of rotatable bonds is 8. The number of hydrogen-bond donors (Lipinski definition) is 9. The van der Waals surface area contributed by atoms with E-state index in [1.165, 1.54) is 14.0 Å². The van der Waals surface area contributed by atoms with E-state index in [1.807, 2.05) is 0 Å². The highest BCUT2D eigenvalue weighted by atomic mass is 16.8. The fourth-order valence-corrected chi connectivity index (χ4v) is 4.55. The topological polar surface area (TPSA) is 246 Å². The molecule has 0 unspecified atom stereocenters. The molecule has 15 atom stereocenters. The predicted molar refractivity (Wildman–Crippen MR) is 116 cm³/mol. The number of nitrogens with one attached hydrogen (secondary N) is 1. The van der Waals surface area contributed by atoms with Gasteiger partial charge in [0.15, 0.2) is 18.9 Å². The summed E-state index contributed by atoms with van der Waals surface area (Å²) < 4.78 is 33.6. The van der Waals surface area contributed by atoms with Crippen LogP contribution >= 0.6 is 0 Å². The maximum atomic E-state index is 11.8. The largest absolute Gasteiger partial charge is 0.394 e. The van der Waals surface area contributed by atoms with E-state index in [0.717, 1.165) is 6.92 Å². The van der Waals surface area contributed by atoms with Gasteiger partial charge in [0.1, 0.15) is 67.1 Å². The van der Waals surface area contributed by atoms with Gasteiger partial charge in [-0.05, 0) is 6.92 Å². The molecule has 3 rings (SSSR count). The van der Waals surface area contributed by atoms with Gasteiger partial charge in [-0.1, -0.05) is 0 Å². The van der Waals surface area contributed by atoms with Crippen LogP contribution < -0.4 is 5.32 Å². The van der Waals surface area contributed by atoms with Crippen molar-refractivity contribution < 1.29 is 74.1 Å². The summed E-state index contributed by atoms with van der Waals surface area (Å²) in [5.41, 5.74) is 0. The Kier molecular flexibility index (Phi) is 10.6. The van der Waals surface area contributed by atoms with Crippen LogP contribution in [0.25, 0.3) is 0 Å². The summed E-state index contributed by atoms with van der Waals surface area (Å²) >= 11 is 0. The van der Waals surface area contributed by atoms with Crippen LogP contribution in [0.3, 0.4) is 0 Å². The summed E-state index contributed by atoms with van der Waals surface area (Å²) in [4.78, 5) is 11.8. The maximum Gasteiger partial charge on any atom is 0.217 e. The van der Waals surface area contributed by atoms with Crippen molar-refractivity contribution in [2.24, 2.45) is 0 Å². The highest BCUT2D eigenvalue weighted by molar-refractivity contribution is 5.73. The molecule has 3 fully saturated rings. The molecule has 0 aromatic heterocycles. The fourth-order valence-electron chi connectivity index (χ4n) is 4.55. The van der Waals surface area contributed by atoms with Gasteiger partial charge in [-0.15, -0.1) is 0 Å². The van der Waals surface area contributed by atoms with E-state index in [4.69, 9.17) is 28.4 Å². The molecule has 16 heteroatoms. The fraction of sp³-hybridized carbons (Fsp3) is 0.952. The second-order valence-electron chi connectivity index (χ2n) is 9.27. The number of carbonyl (C=O) groups is 1. The van der Waals surface area contributed by atoms with Crippen LogP contribution in [-0.4, -0.2) is 159 Å². The average Bonchev–Trinajstić information content (AvgIpc) is 2.87. The second kappa shape index (κ2) is 12.8. The van der Waals surface area contributed by atoms with Gasteiger partial charge in [0.25, 0.3) is 0 Å². The predicted octanol–water partition coefficient (Wildman–Crippen LogP) is -5.75. The summed E-state index contributed by atoms with van der Waals surface area (Å²) in [6.45, 7) is 1.18. The molecule has 16 nitrogen and oxygen atoms in total. The van der Waals surface area contributed by atoms with Crippen LogP contribution in [-0.2, 0) is 33.2 Å². The van der Waals surface area contributed by atoms with Crippen molar-refractivity contribution in [3.05, 3.63) is 0 Å². The molecule has 0 bridgehead atoms. The summed E-state index contributed by atoms with van der Waals surface area (Å²) in [5.74, 6) is -0.612. The van der Waals surface area contributed by atoms with Gasteiger partial charge in [0.05, 0.1) is 19.3 Å². The van der Waals surface area contributed by atoms with Crippen LogP contribution in [0.2, 0.25) is 0 Å². The highest BCUT2D eigenvalue weighted by Gasteiger charge is 2.54. The first-order valence-corrected chi connectivity index (χ1v) is 11.8. The normalized spacial score (nSPS) is 49.0. The highest BCUT2D eigenvalue weighted by Crippen LogP contribution is 2.33. The van der Waals surface area contributed by atoms with E-state index in [1.54, 1.807) is 0 Å². The number of aliphatic hydroxyl groups is 8. The lowest BCUT2D eigenvalue weighted by atomic mass is 9.95. The van der Waals surface area contributed by atoms with Gasteiger partial charge < -0.3 is 74.6 Å². The molecule has 216 valence electrons. The molecule has 3 saturated heterocycles. The monoisotopic (exact) mass is 543 g/mol. The lowest BCUT2D eigenvalue weighted by Crippen LogP contribution is -2.68. The van der Waals surface area contributed by atoms with Crippen molar-refractivity contribution in [1.29, 1.82) is 0 Å². The molecule has 0 radical (unpaired) electrons. The lowest BCUT2D eigenvalue weighted by Gasteiger charge is -2.49. The standard InChI is InChI=1S/C21H37NO15/c1-6-11(26)15(30)16(31)20(33-6)37-18-17(13(28)9(5-24)35-21(18)32-3)36-19-10(22-7(2)25)14(29)12(27)8(4-23)34-19/h6,8-21,23-24,26-31H,4-5H2,1-3H3,(H,22,25)/t6-,8-,9-,10-,11+,12+,13+,14-,15+,16-,17+,18-,19-,20-,21-/m1/s1. The Morgan fingerprint density at radius 3 is 1.86 bits per heavy atom. The van der Waals surface area contributed by atoms with E-state index >= 15 is 0 Å². The van der Waals surface area contributed by atoms with Crippen molar-refractivity contribution in [2.45, 2.75) is 106 Å². The summed E-state index contributed by atoms with van der Waals surface area (Å²) in [5, 5.41) is 84.0. The molecule has 0 saturated carbocycles. The molecule has 1 amide bonds. The third-order valence-electron chi connectivity index (χ3n) is 6.67. The van der Waals surface area contributed by atoms with Crippen LogP contribution in [0.4, 0.5) is 0 Å². The van der Waals surface area contributed by atoms with Gasteiger partial charge in [0.2, 0.25) is 5.91 Å². The molecule has 3 heterocycles. The molecule has 0 aromatic rings. The maximum absolute atomic E-state index is 11.8. The van der Waals surface area contributed by atoms with Gasteiger partial charge in [-0.3, -0.25) is 4.79 Å². The van der Waals surface area contributed by atoms with Gasteiger partial charge >= 0.3 is 0 Å². The Morgan fingerprint density at radius 1 is 0.730 bits per heavy atom. The van der Waals surface area contributed by atoms with E-state index in [-0.39, 0.29) is 0 Å². The van der Waals surface area contributed by atoms with Crippen molar-refractivity contribution >= 4 is 5.91 Å². The Morgan fingerprint density at radius 2 is 1.30 bits per heavy atom. The lowest BCUT2D eigenvalue weighted by molar-refractivity contribution is -0.382. The Labute approximate surface area is 212 Å². The zero-order valence-corrected chi connectivity index (χ0v) is 20.5. The van der Waals surface area contributed by atoms with E-state index in [9.17, 15) is 45.6 Å². The SMILES string of the molecule is CO[C@@H]1O[C@H](CO)[C@H](O)[C@H](O[C@H]2O[C@H](CO)[C@H](O)[C@H](O)[C@H]2NC(C)=O)[C@H]1O[C@H]1O[C@H](C)[C@H](O)[C@H](O)[C@H]1O. The first kappa shape index (κ1) is 30.5. The number of carbonyl (C=O) groups excluding carboxylic acids is 1. The van der Waals surface area contributed by atoms with Crippen molar-refractivity contribution in [2.75, 3.05) is 20.3 Å². The van der Waals surface area contributed by atoms with Crippen LogP contribution in [0.5, 0.6) is 0 Å². The molecule has 9 N–H and O–H groups in total. The number of methoxy groups -OCH3 is 1. The molecular weight excluding hydrogens is 506 g/mol.